The minimum Gasteiger partial charge on any atom is -0.390 e. The van der Waals surface area contributed by atoms with Crippen molar-refractivity contribution in [3.63, 3.8) is 0 Å². The third-order valence-corrected chi connectivity index (χ3v) is 5.88. The molecule has 126 valence electrons. The molecule has 2 aliphatic rings. The lowest BCUT2D eigenvalue weighted by atomic mass is 9.82. The smallest absolute Gasteiger partial charge is 0.0921 e. The van der Waals surface area contributed by atoms with Crippen molar-refractivity contribution < 1.29 is 9.84 Å². The van der Waals surface area contributed by atoms with E-state index in [0.717, 1.165) is 44.9 Å². The summed E-state index contributed by atoms with van der Waals surface area (Å²) in [5.41, 5.74) is 2.36. The van der Waals surface area contributed by atoms with Gasteiger partial charge in [0.2, 0.25) is 0 Å². The maximum Gasteiger partial charge on any atom is 0.0921 e. The van der Waals surface area contributed by atoms with Crippen LogP contribution in [0.4, 0.5) is 0 Å². The molecule has 0 aromatic heterocycles. The number of ether oxygens (including phenoxy) is 1. The van der Waals surface area contributed by atoms with Gasteiger partial charge in [-0.1, -0.05) is 37.1 Å². The molecule has 1 fully saturated rings. The first-order valence-corrected chi connectivity index (χ1v) is 8.97. The van der Waals surface area contributed by atoms with E-state index in [-0.39, 0.29) is 17.3 Å². The molecule has 22 heavy (non-hydrogen) atoms. The standard InChI is InChI=1S/C20H34O2/c1-15(2)20-12-11-17(4)8-6-7-16(3)9-10-18(21)19(5,22-20)13-14-20/h7,11,15,18,21H,6,8-10,12-14H2,1-5H3/b16-7+,17-11?. The number of allylic oxidation sites excluding steroid dienone is 3. The molecule has 3 unspecified atom stereocenters. The molecule has 0 saturated carbocycles. The molecule has 2 heterocycles. The lowest BCUT2D eigenvalue weighted by molar-refractivity contribution is -0.162. The molecule has 2 nitrogen and oxygen atoms in total. The lowest BCUT2D eigenvalue weighted by Gasteiger charge is -2.38. The van der Waals surface area contributed by atoms with E-state index in [1.54, 1.807) is 0 Å². The van der Waals surface area contributed by atoms with Gasteiger partial charge in [-0.2, -0.15) is 0 Å². The maximum absolute atomic E-state index is 10.7. The molecule has 2 rings (SSSR count). The Kier molecular flexibility index (Phi) is 5.55. The van der Waals surface area contributed by atoms with Gasteiger partial charge in [-0.05, 0) is 71.6 Å². The molecule has 0 aromatic rings. The van der Waals surface area contributed by atoms with E-state index in [1.165, 1.54) is 11.1 Å². The van der Waals surface area contributed by atoms with Crippen LogP contribution in [0.2, 0.25) is 0 Å². The lowest BCUT2D eigenvalue weighted by Crippen LogP contribution is -2.44. The van der Waals surface area contributed by atoms with E-state index in [1.807, 2.05) is 0 Å². The average Bonchev–Trinajstić information content (AvgIpc) is 2.82. The van der Waals surface area contributed by atoms with Crippen LogP contribution in [-0.2, 0) is 4.74 Å². The molecule has 1 N–H and O–H groups in total. The van der Waals surface area contributed by atoms with Crippen molar-refractivity contribution in [2.24, 2.45) is 5.92 Å². The fourth-order valence-corrected chi connectivity index (χ4v) is 3.81. The Hall–Kier alpha value is -0.600. The number of hydrogen-bond acceptors (Lipinski definition) is 2. The van der Waals surface area contributed by atoms with Gasteiger partial charge < -0.3 is 9.84 Å². The summed E-state index contributed by atoms with van der Waals surface area (Å²) in [6.07, 6.45) is 11.3. The monoisotopic (exact) mass is 306 g/mol. The summed E-state index contributed by atoms with van der Waals surface area (Å²) in [6, 6.07) is 0. The predicted molar refractivity (Wildman–Crippen MR) is 92.9 cm³/mol. The highest BCUT2D eigenvalue weighted by Gasteiger charge is 2.50. The third kappa shape index (κ3) is 3.83. The van der Waals surface area contributed by atoms with Crippen molar-refractivity contribution in [3.8, 4) is 0 Å². The number of rotatable bonds is 1. The van der Waals surface area contributed by atoms with Gasteiger partial charge in [0.25, 0.3) is 0 Å². The second-order valence-electron chi connectivity index (χ2n) is 8.03. The summed E-state index contributed by atoms with van der Waals surface area (Å²) in [5, 5.41) is 10.7. The van der Waals surface area contributed by atoms with Crippen LogP contribution in [0.1, 0.15) is 79.6 Å². The highest BCUT2D eigenvalue weighted by molar-refractivity contribution is 5.10. The Labute approximate surface area is 136 Å². The summed E-state index contributed by atoms with van der Waals surface area (Å²) >= 11 is 0. The van der Waals surface area contributed by atoms with Crippen LogP contribution in [0.15, 0.2) is 23.3 Å². The van der Waals surface area contributed by atoms with Crippen LogP contribution in [0, 0.1) is 5.92 Å². The van der Waals surface area contributed by atoms with E-state index in [4.69, 9.17) is 4.74 Å². The molecular weight excluding hydrogens is 272 g/mol. The van der Waals surface area contributed by atoms with Gasteiger partial charge in [0.1, 0.15) is 0 Å². The molecule has 2 bridgehead atoms. The Morgan fingerprint density at radius 1 is 1.14 bits per heavy atom. The van der Waals surface area contributed by atoms with Crippen LogP contribution >= 0.6 is 0 Å². The van der Waals surface area contributed by atoms with Crippen LogP contribution in [0.3, 0.4) is 0 Å². The average molecular weight is 306 g/mol. The minimum absolute atomic E-state index is 0.104. The molecule has 0 aromatic carbocycles. The molecule has 0 spiro atoms. The van der Waals surface area contributed by atoms with E-state index in [0.29, 0.717) is 5.92 Å². The molecular formula is C20H34O2. The topological polar surface area (TPSA) is 29.5 Å². The minimum atomic E-state index is -0.389. The van der Waals surface area contributed by atoms with E-state index >= 15 is 0 Å². The Balaban J connectivity index is 2.27. The maximum atomic E-state index is 10.7. The number of aliphatic hydroxyl groups is 1. The van der Waals surface area contributed by atoms with Crippen molar-refractivity contribution in [2.75, 3.05) is 0 Å². The van der Waals surface area contributed by atoms with Gasteiger partial charge in [0, 0.05) is 0 Å². The molecule has 1 saturated heterocycles. The van der Waals surface area contributed by atoms with Crippen LogP contribution < -0.4 is 0 Å². The summed E-state index contributed by atoms with van der Waals surface area (Å²) < 4.78 is 6.59. The second-order valence-corrected chi connectivity index (χ2v) is 8.03. The zero-order chi connectivity index (χ0) is 16.4. The summed E-state index contributed by atoms with van der Waals surface area (Å²) in [6.45, 7) is 11.0. The largest absolute Gasteiger partial charge is 0.390 e. The normalized spacial score (nSPS) is 40.2. The highest BCUT2D eigenvalue weighted by atomic mass is 16.5. The number of fused-ring (bicyclic) bond motifs is 2. The summed E-state index contributed by atoms with van der Waals surface area (Å²) in [5.74, 6) is 0.468. The van der Waals surface area contributed by atoms with Gasteiger partial charge in [0.15, 0.2) is 0 Å². The quantitative estimate of drug-likeness (QED) is 0.677. The zero-order valence-electron chi connectivity index (χ0n) is 15.1. The Morgan fingerprint density at radius 3 is 2.50 bits per heavy atom. The molecule has 3 atom stereocenters. The molecule has 0 aliphatic carbocycles. The first kappa shape index (κ1) is 17.7. The van der Waals surface area contributed by atoms with Gasteiger partial charge in [0.05, 0.1) is 17.3 Å². The van der Waals surface area contributed by atoms with E-state index < -0.39 is 0 Å². The second kappa shape index (κ2) is 6.88. The molecule has 0 radical (unpaired) electrons. The SMILES string of the molecule is CC1=CCC2(C(C)C)CCC(C)(O2)C(O)CC/C(C)=C/CC1. The Bertz CT molecular complexity index is 449. The zero-order valence-corrected chi connectivity index (χ0v) is 15.1. The molecule has 2 aliphatic heterocycles. The third-order valence-electron chi connectivity index (χ3n) is 5.88. The van der Waals surface area contributed by atoms with Gasteiger partial charge in [-0.3, -0.25) is 0 Å². The first-order valence-electron chi connectivity index (χ1n) is 8.97. The predicted octanol–water partition coefficient (Wildman–Crippen LogP) is 5.17. The van der Waals surface area contributed by atoms with Gasteiger partial charge in [-0.25, -0.2) is 0 Å². The van der Waals surface area contributed by atoms with Gasteiger partial charge >= 0.3 is 0 Å². The molecule has 0 amide bonds. The fraction of sp³-hybridized carbons (Fsp3) is 0.800. The van der Waals surface area contributed by atoms with Crippen molar-refractivity contribution in [1.82, 2.24) is 0 Å². The van der Waals surface area contributed by atoms with Crippen molar-refractivity contribution in [3.05, 3.63) is 23.3 Å². The van der Waals surface area contributed by atoms with Crippen LogP contribution in [0.5, 0.6) is 0 Å². The number of hydrogen-bond donors (Lipinski definition) is 1. The van der Waals surface area contributed by atoms with Gasteiger partial charge in [-0.15, -0.1) is 0 Å². The number of aliphatic hydroxyl groups excluding tert-OH is 1. The van der Waals surface area contributed by atoms with Crippen molar-refractivity contribution in [1.29, 1.82) is 0 Å². The van der Waals surface area contributed by atoms with Crippen LogP contribution in [-0.4, -0.2) is 22.4 Å². The molecule has 2 heteroatoms. The Morgan fingerprint density at radius 2 is 1.82 bits per heavy atom. The van der Waals surface area contributed by atoms with Crippen molar-refractivity contribution in [2.45, 2.75) is 96.9 Å². The van der Waals surface area contributed by atoms with E-state index in [9.17, 15) is 5.11 Å². The van der Waals surface area contributed by atoms with Crippen LogP contribution in [0.25, 0.3) is 0 Å². The fourth-order valence-electron chi connectivity index (χ4n) is 3.81. The highest BCUT2D eigenvalue weighted by Crippen LogP contribution is 2.47. The van der Waals surface area contributed by atoms with Crippen molar-refractivity contribution >= 4 is 0 Å². The summed E-state index contributed by atoms with van der Waals surface area (Å²) in [7, 11) is 0. The van der Waals surface area contributed by atoms with E-state index in [2.05, 4.69) is 46.8 Å². The first-order chi connectivity index (χ1) is 10.3. The summed E-state index contributed by atoms with van der Waals surface area (Å²) in [4.78, 5) is 0.